The van der Waals surface area contributed by atoms with Gasteiger partial charge in [0.05, 0.1) is 0 Å². The first kappa shape index (κ1) is 21.3. The number of aryl methyl sites for hydroxylation is 1. The van der Waals surface area contributed by atoms with E-state index in [9.17, 15) is 14.4 Å². The number of carbonyl (C=O) groups is 3. The Morgan fingerprint density at radius 1 is 1.32 bits per heavy atom. The largest absolute Gasteiger partial charge is 0.364 e. The minimum Gasteiger partial charge on any atom is -0.364 e. The number of rotatable bonds is 9. The summed E-state index contributed by atoms with van der Waals surface area (Å²) in [6, 6.07) is 5.59. The minimum atomic E-state index is -0.826. The number of nitrogens with zero attached hydrogens (tertiary/aromatic N) is 2. The second kappa shape index (κ2) is 9.30. The summed E-state index contributed by atoms with van der Waals surface area (Å²) >= 11 is 0. The Morgan fingerprint density at radius 3 is 2.61 bits per heavy atom. The fourth-order valence-corrected chi connectivity index (χ4v) is 3.43. The number of benzene rings is 1. The number of nitrogens with two attached hydrogens (primary N) is 1. The van der Waals surface area contributed by atoms with Crippen molar-refractivity contribution in [1.29, 1.82) is 5.41 Å². The number of nitrogens with one attached hydrogen (secondary N) is 1. The van der Waals surface area contributed by atoms with Crippen molar-refractivity contribution in [3.63, 3.8) is 0 Å². The highest BCUT2D eigenvalue weighted by Gasteiger charge is 2.29. The highest BCUT2D eigenvalue weighted by molar-refractivity contribution is 6.44. The van der Waals surface area contributed by atoms with Gasteiger partial charge in [-0.1, -0.05) is 19.8 Å². The van der Waals surface area contributed by atoms with Gasteiger partial charge in [0.1, 0.15) is 5.71 Å². The molecule has 1 aromatic rings. The third-order valence-corrected chi connectivity index (χ3v) is 5.08. The first-order valence-electron chi connectivity index (χ1n) is 9.54. The number of unbranched alkanes of at least 4 members (excludes halogenated alkanes) is 2. The van der Waals surface area contributed by atoms with E-state index in [4.69, 9.17) is 11.1 Å². The number of amides is 3. The topological polar surface area (TPSA) is 108 Å². The smallest absolute Gasteiger partial charge is 0.266 e. The SMILES string of the molecule is CCCCCN(C=O)c1ccc(N2CCC(C(=N)C(N)=O)=C(C)C2=O)c(C)c1. The van der Waals surface area contributed by atoms with E-state index in [0.29, 0.717) is 30.7 Å². The van der Waals surface area contributed by atoms with Crippen molar-refractivity contribution in [2.45, 2.75) is 46.5 Å². The molecule has 0 fully saturated rings. The van der Waals surface area contributed by atoms with Crippen molar-refractivity contribution in [2.75, 3.05) is 22.9 Å². The van der Waals surface area contributed by atoms with Crippen LogP contribution in [0.4, 0.5) is 11.4 Å². The van der Waals surface area contributed by atoms with Gasteiger partial charge >= 0.3 is 0 Å². The summed E-state index contributed by atoms with van der Waals surface area (Å²) in [4.78, 5) is 38.9. The van der Waals surface area contributed by atoms with Gasteiger partial charge in [-0.05, 0) is 56.0 Å². The molecule has 1 heterocycles. The lowest BCUT2D eigenvalue weighted by atomic mass is 9.95. The van der Waals surface area contributed by atoms with E-state index in [2.05, 4.69) is 6.92 Å². The Hall–Kier alpha value is -2.96. The van der Waals surface area contributed by atoms with Gasteiger partial charge in [-0.15, -0.1) is 0 Å². The Kier molecular flexibility index (Phi) is 7.09. The van der Waals surface area contributed by atoms with Gasteiger partial charge in [-0.2, -0.15) is 0 Å². The maximum absolute atomic E-state index is 12.8. The van der Waals surface area contributed by atoms with Gasteiger partial charge in [0.2, 0.25) is 6.41 Å². The zero-order valence-corrected chi connectivity index (χ0v) is 16.7. The number of primary amides is 1. The van der Waals surface area contributed by atoms with E-state index in [0.717, 1.165) is 42.6 Å². The third kappa shape index (κ3) is 4.47. The molecule has 1 aliphatic heterocycles. The molecule has 3 amide bonds. The highest BCUT2D eigenvalue weighted by atomic mass is 16.2. The molecule has 28 heavy (non-hydrogen) atoms. The zero-order chi connectivity index (χ0) is 20.8. The number of hydrogen-bond acceptors (Lipinski definition) is 4. The monoisotopic (exact) mass is 384 g/mol. The fraction of sp³-hybridized carbons (Fsp3) is 0.429. The highest BCUT2D eigenvalue weighted by Crippen LogP contribution is 2.30. The molecule has 3 N–H and O–H groups in total. The Morgan fingerprint density at radius 2 is 2.04 bits per heavy atom. The second-order valence-electron chi connectivity index (χ2n) is 7.03. The molecule has 0 radical (unpaired) electrons. The summed E-state index contributed by atoms with van der Waals surface area (Å²) in [5.74, 6) is -1.06. The number of anilines is 2. The van der Waals surface area contributed by atoms with Crippen molar-refractivity contribution >= 4 is 35.3 Å². The van der Waals surface area contributed by atoms with E-state index in [1.54, 1.807) is 16.7 Å². The van der Waals surface area contributed by atoms with Crippen molar-refractivity contribution in [3.05, 3.63) is 34.9 Å². The molecule has 2 rings (SSSR count). The first-order valence-corrected chi connectivity index (χ1v) is 9.54. The van der Waals surface area contributed by atoms with Gasteiger partial charge in [-0.3, -0.25) is 19.8 Å². The summed E-state index contributed by atoms with van der Waals surface area (Å²) in [5.41, 5.74) is 8.12. The second-order valence-corrected chi connectivity index (χ2v) is 7.03. The lowest BCUT2D eigenvalue weighted by Gasteiger charge is -2.31. The molecule has 0 aromatic heterocycles. The van der Waals surface area contributed by atoms with Crippen LogP contribution in [0.5, 0.6) is 0 Å². The minimum absolute atomic E-state index is 0.238. The Balaban J connectivity index is 2.25. The first-order chi connectivity index (χ1) is 13.3. The normalized spacial score (nSPS) is 14.2. The quantitative estimate of drug-likeness (QED) is 0.388. The molecule has 150 valence electrons. The predicted molar refractivity (Wildman–Crippen MR) is 111 cm³/mol. The van der Waals surface area contributed by atoms with Gasteiger partial charge in [0.25, 0.3) is 11.8 Å². The molecule has 1 aromatic carbocycles. The Bertz CT molecular complexity index is 829. The zero-order valence-electron chi connectivity index (χ0n) is 16.7. The van der Waals surface area contributed by atoms with Crippen LogP contribution in [-0.2, 0) is 14.4 Å². The molecule has 0 spiro atoms. The van der Waals surface area contributed by atoms with Crippen LogP contribution in [0, 0.1) is 12.3 Å². The average Bonchev–Trinajstić information content (AvgIpc) is 2.67. The molecule has 7 heteroatoms. The molecule has 0 atom stereocenters. The van der Waals surface area contributed by atoms with Crippen LogP contribution in [0.15, 0.2) is 29.3 Å². The Labute approximate surface area is 165 Å². The molecule has 0 bridgehead atoms. The lowest BCUT2D eigenvalue weighted by molar-refractivity contribution is -0.115. The van der Waals surface area contributed by atoms with Crippen LogP contribution < -0.4 is 15.5 Å². The fourth-order valence-electron chi connectivity index (χ4n) is 3.43. The third-order valence-electron chi connectivity index (χ3n) is 5.08. The van der Waals surface area contributed by atoms with Crippen molar-refractivity contribution in [2.24, 2.45) is 5.73 Å². The van der Waals surface area contributed by atoms with Crippen LogP contribution in [0.3, 0.4) is 0 Å². The van der Waals surface area contributed by atoms with Crippen LogP contribution in [-0.4, -0.2) is 37.0 Å². The average molecular weight is 384 g/mol. The van der Waals surface area contributed by atoms with Crippen molar-refractivity contribution in [3.8, 4) is 0 Å². The summed E-state index contributed by atoms with van der Waals surface area (Å²) in [6.07, 6.45) is 4.34. The van der Waals surface area contributed by atoms with E-state index >= 15 is 0 Å². The van der Waals surface area contributed by atoms with Crippen molar-refractivity contribution < 1.29 is 14.4 Å². The molecule has 1 aliphatic rings. The van der Waals surface area contributed by atoms with Crippen LogP contribution in [0.2, 0.25) is 0 Å². The predicted octanol–water partition coefficient (Wildman–Crippen LogP) is 2.71. The molecule has 0 aliphatic carbocycles. The molecular weight excluding hydrogens is 356 g/mol. The number of hydrogen-bond donors (Lipinski definition) is 2. The van der Waals surface area contributed by atoms with Crippen molar-refractivity contribution in [1.82, 2.24) is 0 Å². The summed E-state index contributed by atoms with van der Waals surface area (Å²) < 4.78 is 0. The summed E-state index contributed by atoms with van der Waals surface area (Å²) in [5, 5.41) is 7.80. The van der Waals surface area contributed by atoms with Gasteiger partial charge in [-0.25, -0.2) is 0 Å². The van der Waals surface area contributed by atoms with Crippen LogP contribution in [0.1, 0.15) is 45.1 Å². The lowest BCUT2D eigenvalue weighted by Crippen LogP contribution is -2.40. The summed E-state index contributed by atoms with van der Waals surface area (Å²) in [6.45, 7) is 6.68. The van der Waals surface area contributed by atoms with E-state index in [1.165, 1.54) is 0 Å². The molecular formula is C21H28N4O3. The van der Waals surface area contributed by atoms with E-state index in [1.807, 2.05) is 25.1 Å². The standard InChI is InChI=1S/C21H28N4O3/c1-4-5-6-10-24(13-26)16-7-8-18(14(2)12-16)25-11-9-17(15(3)21(25)28)19(22)20(23)27/h7-8,12-13,22H,4-6,9-11H2,1-3H3,(H2,23,27). The molecule has 0 unspecified atom stereocenters. The van der Waals surface area contributed by atoms with Gasteiger partial charge in [0, 0.05) is 30.0 Å². The summed E-state index contributed by atoms with van der Waals surface area (Å²) in [7, 11) is 0. The molecule has 0 saturated heterocycles. The molecule has 7 nitrogen and oxygen atoms in total. The van der Waals surface area contributed by atoms with E-state index < -0.39 is 5.91 Å². The van der Waals surface area contributed by atoms with Crippen LogP contribution >= 0.6 is 0 Å². The maximum Gasteiger partial charge on any atom is 0.266 e. The van der Waals surface area contributed by atoms with E-state index in [-0.39, 0.29) is 11.6 Å². The number of carbonyl (C=O) groups excluding carboxylic acids is 3. The van der Waals surface area contributed by atoms with Crippen LogP contribution in [0.25, 0.3) is 0 Å². The maximum atomic E-state index is 12.8. The molecule has 0 saturated carbocycles. The van der Waals surface area contributed by atoms with Gasteiger partial charge < -0.3 is 15.5 Å². The van der Waals surface area contributed by atoms with Gasteiger partial charge in [0.15, 0.2) is 0 Å².